The molecule has 5 heteroatoms. The lowest BCUT2D eigenvalue weighted by molar-refractivity contribution is -0.138. The van der Waals surface area contributed by atoms with Gasteiger partial charge in [0.1, 0.15) is 0 Å². The Morgan fingerprint density at radius 2 is 1.68 bits per heavy atom. The van der Waals surface area contributed by atoms with Gasteiger partial charge in [-0.1, -0.05) is 19.3 Å². The minimum atomic E-state index is -0.246. The molecule has 2 aliphatic rings. The Hall–Kier alpha value is -0.545. The SMILES string of the molecule is CC(=O)N(C1CCCC(CCB2OC(C)(C)C(C)(C)O2)C1)C(C)(C)C. The van der Waals surface area contributed by atoms with Crippen LogP contribution >= 0.6 is 0 Å². The molecule has 1 amide bonds. The summed E-state index contributed by atoms with van der Waals surface area (Å²) in [5.74, 6) is 0.853. The highest BCUT2D eigenvalue weighted by molar-refractivity contribution is 6.45. The fourth-order valence-electron chi connectivity index (χ4n) is 4.49. The molecule has 0 aromatic carbocycles. The van der Waals surface area contributed by atoms with Crippen molar-refractivity contribution in [3.63, 3.8) is 0 Å². The number of hydrogen-bond donors (Lipinski definition) is 0. The highest BCUT2D eigenvalue weighted by Gasteiger charge is 2.50. The van der Waals surface area contributed by atoms with Crippen molar-refractivity contribution in [1.29, 1.82) is 0 Å². The summed E-state index contributed by atoms with van der Waals surface area (Å²) in [4.78, 5) is 14.3. The van der Waals surface area contributed by atoms with Crippen LogP contribution in [0.4, 0.5) is 0 Å². The molecule has 0 aromatic rings. The molecular weight excluding hydrogens is 313 g/mol. The van der Waals surface area contributed by atoms with Gasteiger partial charge in [0.2, 0.25) is 5.91 Å². The van der Waals surface area contributed by atoms with Crippen molar-refractivity contribution >= 4 is 13.0 Å². The molecule has 0 aromatic heterocycles. The smallest absolute Gasteiger partial charge is 0.403 e. The van der Waals surface area contributed by atoms with Gasteiger partial charge >= 0.3 is 7.12 Å². The minimum absolute atomic E-state index is 0.100. The molecule has 1 aliphatic carbocycles. The van der Waals surface area contributed by atoms with Gasteiger partial charge in [-0.2, -0.15) is 0 Å². The largest absolute Gasteiger partial charge is 0.457 e. The zero-order valence-electron chi connectivity index (χ0n) is 17.6. The second-order valence-electron chi connectivity index (χ2n) is 10.0. The lowest BCUT2D eigenvalue weighted by atomic mass is 9.74. The third kappa shape index (κ3) is 4.79. The van der Waals surface area contributed by atoms with E-state index in [2.05, 4.69) is 53.4 Å². The standard InChI is InChI=1S/C20H38BNO3/c1-15(23)22(18(2,3)4)17-11-9-10-16(14-17)12-13-21-24-19(5,6)20(7,8)25-21/h16-17H,9-14H2,1-8H3. The van der Waals surface area contributed by atoms with Gasteiger partial charge < -0.3 is 14.2 Å². The number of carbonyl (C=O) groups excluding carboxylic acids is 1. The van der Waals surface area contributed by atoms with E-state index >= 15 is 0 Å². The summed E-state index contributed by atoms with van der Waals surface area (Å²) in [6, 6.07) is 0.370. The normalized spacial score (nSPS) is 28.9. The summed E-state index contributed by atoms with van der Waals surface area (Å²) < 4.78 is 12.3. The van der Waals surface area contributed by atoms with Gasteiger partial charge in [0.25, 0.3) is 0 Å². The molecule has 2 fully saturated rings. The summed E-state index contributed by atoms with van der Waals surface area (Å²) in [5, 5.41) is 0. The third-order valence-corrected chi connectivity index (χ3v) is 6.29. The topological polar surface area (TPSA) is 38.8 Å². The lowest BCUT2D eigenvalue weighted by Crippen LogP contribution is -2.52. The molecule has 1 saturated carbocycles. The van der Waals surface area contributed by atoms with Gasteiger partial charge in [-0.3, -0.25) is 4.79 Å². The number of rotatable bonds is 4. The second-order valence-corrected chi connectivity index (χ2v) is 10.0. The fourth-order valence-corrected chi connectivity index (χ4v) is 4.49. The average molecular weight is 351 g/mol. The Morgan fingerprint density at radius 3 is 2.16 bits per heavy atom. The molecule has 0 bridgehead atoms. The van der Waals surface area contributed by atoms with Crippen LogP contribution in [0.1, 0.15) is 87.5 Å². The predicted octanol–water partition coefficient (Wildman–Crippen LogP) is 4.67. The Bertz CT molecular complexity index is 468. The zero-order chi connectivity index (χ0) is 19.0. The molecule has 2 rings (SSSR count). The highest BCUT2D eigenvalue weighted by Crippen LogP contribution is 2.40. The van der Waals surface area contributed by atoms with Crippen molar-refractivity contribution in [1.82, 2.24) is 4.90 Å². The van der Waals surface area contributed by atoms with E-state index in [-0.39, 0.29) is 29.8 Å². The van der Waals surface area contributed by atoms with E-state index in [1.54, 1.807) is 6.92 Å². The molecule has 0 radical (unpaired) electrons. The molecule has 2 atom stereocenters. The van der Waals surface area contributed by atoms with Crippen molar-refractivity contribution in [2.75, 3.05) is 0 Å². The zero-order valence-corrected chi connectivity index (χ0v) is 17.6. The van der Waals surface area contributed by atoms with Gasteiger partial charge in [0.15, 0.2) is 0 Å². The van der Waals surface area contributed by atoms with Crippen LogP contribution in [0.5, 0.6) is 0 Å². The van der Waals surface area contributed by atoms with Crippen molar-refractivity contribution < 1.29 is 14.1 Å². The first-order valence-corrected chi connectivity index (χ1v) is 9.99. The molecule has 4 nitrogen and oxygen atoms in total. The monoisotopic (exact) mass is 351 g/mol. The van der Waals surface area contributed by atoms with Crippen molar-refractivity contribution in [3.8, 4) is 0 Å². The van der Waals surface area contributed by atoms with Gasteiger partial charge in [0, 0.05) is 18.5 Å². The molecule has 1 heterocycles. The Morgan fingerprint density at radius 1 is 1.12 bits per heavy atom. The molecule has 25 heavy (non-hydrogen) atoms. The molecule has 0 spiro atoms. The fraction of sp³-hybridized carbons (Fsp3) is 0.950. The van der Waals surface area contributed by atoms with E-state index in [9.17, 15) is 4.79 Å². The van der Waals surface area contributed by atoms with Crippen molar-refractivity contribution in [3.05, 3.63) is 0 Å². The molecule has 1 saturated heterocycles. The highest BCUT2D eigenvalue weighted by atomic mass is 16.7. The maximum absolute atomic E-state index is 12.2. The first kappa shape index (κ1) is 20.8. The van der Waals surface area contributed by atoms with Crippen LogP contribution in [-0.2, 0) is 14.1 Å². The number of amides is 1. The summed E-state index contributed by atoms with van der Waals surface area (Å²) >= 11 is 0. The van der Waals surface area contributed by atoms with Crippen LogP contribution in [0.2, 0.25) is 6.32 Å². The van der Waals surface area contributed by atoms with E-state index in [4.69, 9.17) is 9.31 Å². The molecular formula is C20H38BNO3. The summed E-state index contributed by atoms with van der Waals surface area (Å²) in [7, 11) is -0.100. The van der Waals surface area contributed by atoms with E-state index in [1.807, 2.05) is 0 Å². The first-order chi connectivity index (χ1) is 11.3. The second kappa shape index (κ2) is 7.23. The van der Waals surface area contributed by atoms with Crippen LogP contribution < -0.4 is 0 Å². The molecule has 144 valence electrons. The summed E-state index contributed by atoms with van der Waals surface area (Å²) in [6.45, 7) is 16.6. The van der Waals surface area contributed by atoms with Crippen LogP contribution in [-0.4, -0.2) is 40.7 Å². The summed E-state index contributed by atoms with van der Waals surface area (Å²) in [5.41, 5.74) is -0.598. The third-order valence-electron chi connectivity index (χ3n) is 6.29. The number of nitrogens with zero attached hydrogens (tertiary/aromatic N) is 1. The molecule has 2 unspecified atom stereocenters. The van der Waals surface area contributed by atoms with Crippen LogP contribution in [0.3, 0.4) is 0 Å². The van der Waals surface area contributed by atoms with Crippen LogP contribution in [0.25, 0.3) is 0 Å². The minimum Gasteiger partial charge on any atom is -0.403 e. The number of carbonyl (C=O) groups is 1. The number of hydrogen-bond acceptors (Lipinski definition) is 3. The Labute approximate surface area is 155 Å². The quantitative estimate of drug-likeness (QED) is 0.691. The van der Waals surface area contributed by atoms with Crippen LogP contribution in [0, 0.1) is 5.92 Å². The van der Waals surface area contributed by atoms with E-state index in [0.29, 0.717) is 12.0 Å². The molecule has 1 aliphatic heterocycles. The van der Waals surface area contributed by atoms with E-state index in [1.165, 1.54) is 12.8 Å². The van der Waals surface area contributed by atoms with Gasteiger partial charge in [0.05, 0.1) is 11.2 Å². The van der Waals surface area contributed by atoms with Crippen LogP contribution in [0.15, 0.2) is 0 Å². The Kier molecular flexibility index (Phi) is 6.00. The average Bonchev–Trinajstić information content (AvgIpc) is 2.63. The van der Waals surface area contributed by atoms with Crippen molar-refractivity contribution in [2.45, 2.75) is 117 Å². The van der Waals surface area contributed by atoms with E-state index in [0.717, 1.165) is 25.6 Å². The predicted molar refractivity (Wildman–Crippen MR) is 104 cm³/mol. The lowest BCUT2D eigenvalue weighted by Gasteiger charge is -2.44. The maximum Gasteiger partial charge on any atom is 0.457 e. The summed E-state index contributed by atoms with van der Waals surface area (Å²) in [6.07, 6.45) is 6.76. The van der Waals surface area contributed by atoms with E-state index < -0.39 is 0 Å². The van der Waals surface area contributed by atoms with Gasteiger partial charge in [-0.15, -0.1) is 0 Å². The van der Waals surface area contributed by atoms with Gasteiger partial charge in [-0.05, 0) is 73.5 Å². The Balaban J connectivity index is 1.91. The molecule has 0 N–H and O–H groups in total. The van der Waals surface area contributed by atoms with Gasteiger partial charge in [-0.25, -0.2) is 0 Å². The maximum atomic E-state index is 12.2. The van der Waals surface area contributed by atoms with Crippen molar-refractivity contribution in [2.24, 2.45) is 5.92 Å². The first-order valence-electron chi connectivity index (χ1n) is 9.99.